The standard InChI is InChI=1S/C11H9Cl2N3O2S/c12-5-1-2-6(13)7(3-5)15-9(17)4-8-10(18)16-11(14)19-8/h1-3,8H,4H2,(H,15,17)(H2,14,16,18)/t8-/m1/s1. The molecule has 19 heavy (non-hydrogen) atoms. The van der Waals surface area contributed by atoms with Crippen molar-refractivity contribution in [1.29, 1.82) is 0 Å². The number of hydrogen-bond acceptors (Lipinski definition) is 4. The molecule has 1 atom stereocenters. The van der Waals surface area contributed by atoms with Crippen molar-refractivity contribution in [2.45, 2.75) is 11.7 Å². The summed E-state index contributed by atoms with van der Waals surface area (Å²) in [5, 5.41) is 3.04. The molecule has 0 radical (unpaired) electrons. The van der Waals surface area contributed by atoms with E-state index in [1.807, 2.05) is 0 Å². The number of thioether (sulfide) groups is 1. The van der Waals surface area contributed by atoms with Crippen LogP contribution in [-0.2, 0) is 9.59 Å². The van der Waals surface area contributed by atoms with Gasteiger partial charge in [-0.05, 0) is 18.2 Å². The molecule has 8 heteroatoms. The molecule has 5 nitrogen and oxygen atoms in total. The summed E-state index contributed by atoms with van der Waals surface area (Å²) in [6.07, 6.45) is -0.0173. The van der Waals surface area contributed by atoms with Crippen molar-refractivity contribution in [3.05, 3.63) is 28.2 Å². The maximum atomic E-state index is 11.8. The van der Waals surface area contributed by atoms with E-state index in [0.717, 1.165) is 11.8 Å². The van der Waals surface area contributed by atoms with E-state index in [4.69, 9.17) is 28.9 Å². The predicted octanol–water partition coefficient (Wildman–Crippen LogP) is 2.28. The average molecular weight is 318 g/mol. The highest BCUT2D eigenvalue weighted by Gasteiger charge is 2.29. The van der Waals surface area contributed by atoms with E-state index in [1.54, 1.807) is 12.1 Å². The zero-order chi connectivity index (χ0) is 14.0. The molecule has 100 valence electrons. The van der Waals surface area contributed by atoms with E-state index in [9.17, 15) is 9.59 Å². The Morgan fingerprint density at radius 1 is 1.47 bits per heavy atom. The molecule has 1 aliphatic heterocycles. The van der Waals surface area contributed by atoms with Crippen molar-refractivity contribution in [2.24, 2.45) is 10.7 Å². The molecule has 1 heterocycles. The monoisotopic (exact) mass is 317 g/mol. The molecule has 0 saturated carbocycles. The van der Waals surface area contributed by atoms with Gasteiger partial charge in [0.05, 0.1) is 10.7 Å². The Hall–Kier alpha value is -1.24. The SMILES string of the molecule is NC1=NC(=O)[C@@H](CC(=O)Nc2cc(Cl)ccc2Cl)S1. The van der Waals surface area contributed by atoms with Crippen LogP contribution in [0.15, 0.2) is 23.2 Å². The maximum absolute atomic E-state index is 11.8. The Balaban J connectivity index is 1.99. The number of hydrogen-bond donors (Lipinski definition) is 2. The van der Waals surface area contributed by atoms with Gasteiger partial charge in [0.25, 0.3) is 5.91 Å². The molecular weight excluding hydrogens is 309 g/mol. The van der Waals surface area contributed by atoms with Crippen LogP contribution in [0.2, 0.25) is 10.0 Å². The van der Waals surface area contributed by atoms with Crippen LogP contribution in [0, 0.1) is 0 Å². The first kappa shape index (κ1) is 14.2. The zero-order valence-corrected chi connectivity index (χ0v) is 11.9. The van der Waals surface area contributed by atoms with Crippen LogP contribution in [-0.4, -0.2) is 22.2 Å². The first-order valence-electron chi connectivity index (χ1n) is 5.25. The van der Waals surface area contributed by atoms with Crippen LogP contribution in [0.5, 0.6) is 0 Å². The van der Waals surface area contributed by atoms with Gasteiger partial charge in [-0.3, -0.25) is 9.59 Å². The Morgan fingerprint density at radius 2 is 2.21 bits per heavy atom. The van der Waals surface area contributed by atoms with Crippen LogP contribution < -0.4 is 11.1 Å². The number of anilines is 1. The lowest BCUT2D eigenvalue weighted by Gasteiger charge is -2.09. The van der Waals surface area contributed by atoms with Gasteiger partial charge in [0.15, 0.2) is 5.17 Å². The maximum Gasteiger partial charge on any atom is 0.262 e. The molecule has 2 rings (SSSR count). The lowest BCUT2D eigenvalue weighted by atomic mass is 10.2. The second-order valence-electron chi connectivity index (χ2n) is 3.77. The van der Waals surface area contributed by atoms with E-state index in [0.29, 0.717) is 15.7 Å². The number of carbonyl (C=O) groups is 2. The summed E-state index contributed by atoms with van der Waals surface area (Å²) in [6, 6.07) is 4.73. The number of rotatable bonds is 3. The highest BCUT2D eigenvalue weighted by molar-refractivity contribution is 8.15. The fourth-order valence-electron chi connectivity index (χ4n) is 1.50. The van der Waals surface area contributed by atoms with Crippen molar-refractivity contribution < 1.29 is 9.59 Å². The number of aliphatic imine (C=N–C) groups is 1. The van der Waals surface area contributed by atoms with Gasteiger partial charge < -0.3 is 11.1 Å². The lowest BCUT2D eigenvalue weighted by Crippen LogP contribution is -2.21. The minimum atomic E-state index is -0.571. The Morgan fingerprint density at radius 3 is 2.84 bits per heavy atom. The second-order valence-corrected chi connectivity index (χ2v) is 5.84. The van der Waals surface area contributed by atoms with E-state index >= 15 is 0 Å². The number of amides is 2. The van der Waals surface area contributed by atoms with Crippen molar-refractivity contribution in [3.63, 3.8) is 0 Å². The predicted molar refractivity (Wildman–Crippen MR) is 77.7 cm³/mol. The Labute approximate surface area is 123 Å². The Kier molecular flexibility index (Phi) is 4.34. The summed E-state index contributed by atoms with van der Waals surface area (Å²) >= 11 is 12.8. The van der Waals surface area contributed by atoms with Crippen molar-refractivity contribution in [1.82, 2.24) is 0 Å². The Bertz CT molecular complexity index is 577. The number of amidine groups is 1. The third-order valence-electron chi connectivity index (χ3n) is 2.33. The number of nitrogens with two attached hydrogens (primary N) is 1. The van der Waals surface area contributed by atoms with Crippen LogP contribution in [0.4, 0.5) is 5.69 Å². The topological polar surface area (TPSA) is 84.5 Å². The van der Waals surface area contributed by atoms with E-state index in [2.05, 4.69) is 10.3 Å². The summed E-state index contributed by atoms with van der Waals surface area (Å²) in [4.78, 5) is 26.7. The molecule has 1 aromatic carbocycles. The third kappa shape index (κ3) is 3.62. The molecule has 0 aliphatic carbocycles. The minimum Gasteiger partial charge on any atom is -0.378 e. The molecule has 1 aliphatic rings. The molecule has 0 unspecified atom stereocenters. The molecule has 2 amide bonds. The van der Waals surface area contributed by atoms with Crippen LogP contribution in [0.25, 0.3) is 0 Å². The van der Waals surface area contributed by atoms with Gasteiger partial charge in [0, 0.05) is 11.4 Å². The normalized spacial score (nSPS) is 18.3. The smallest absolute Gasteiger partial charge is 0.262 e. The molecule has 1 aromatic rings. The van der Waals surface area contributed by atoms with Gasteiger partial charge in [-0.15, -0.1) is 0 Å². The fraction of sp³-hybridized carbons (Fsp3) is 0.182. The van der Waals surface area contributed by atoms with Crippen molar-refractivity contribution in [2.75, 3.05) is 5.32 Å². The zero-order valence-electron chi connectivity index (χ0n) is 9.52. The molecular formula is C11H9Cl2N3O2S. The van der Waals surface area contributed by atoms with Crippen LogP contribution in [0.1, 0.15) is 6.42 Å². The third-order valence-corrected chi connectivity index (χ3v) is 3.88. The van der Waals surface area contributed by atoms with Gasteiger partial charge in [0.2, 0.25) is 5.91 Å². The highest BCUT2D eigenvalue weighted by Crippen LogP contribution is 2.27. The number of nitrogens with one attached hydrogen (secondary N) is 1. The van der Waals surface area contributed by atoms with E-state index in [1.165, 1.54) is 6.07 Å². The highest BCUT2D eigenvalue weighted by atomic mass is 35.5. The summed E-state index contributed by atoms with van der Waals surface area (Å²) in [5.41, 5.74) is 5.82. The quantitative estimate of drug-likeness (QED) is 0.895. The fourth-order valence-corrected chi connectivity index (χ4v) is 2.65. The second kappa shape index (κ2) is 5.81. The number of halogens is 2. The summed E-state index contributed by atoms with van der Waals surface area (Å²) in [7, 11) is 0. The first-order valence-corrected chi connectivity index (χ1v) is 6.89. The van der Waals surface area contributed by atoms with Crippen molar-refractivity contribution >= 4 is 57.6 Å². The summed E-state index contributed by atoms with van der Waals surface area (Å²) in [5.74, 6) is -0.741. The largest absolute Gasteiger partial charge is 0.378 e. The van der Waals surface area contributed by atoms with Gasteiger partial charge in [-0.25, -0.2) is 0 Å². The van der Waals surface area contributed by atoms with Crippen LogP contribution >= 0.6 is 35.0 Å². The van der Waals surface area contributed by atoms with E-state index < -0.39 is 11.2 Å². The molecule has 0 spiro atoms. The summed E-state index contributed by atoms with van der Waals surface area (Å²) in [6.45, 7) is 0. The molecule has 0 saturated heterocycles. The first-order chi connectivity index (χ1) is 8.95. The molecule has 0 aromatic heterocycles. The number of carbonyl (C=O) groups excluding carboxylic acids is 2. The van der Waals surface area contributed by atoms with Gasteiger partial charge >= 0.3 is 0 Å². The number of benzene rings is 1. The molecule has 3 N–H and O–H groups in total. The van der Waals surface area contributed by atoms with Gasteiger partial charge in [0.1, 0.15) is 5.25 Å². The number of nitrogens with zero attached hydrogens (tertiary/aromatic N) is 1. The minimum absolute atomic E-state index is 0.0173. The molecule has 0 bridgehead atoms. The van der Waals surface area contributed by atoms with E-state index in [-0.39, 0.29) is 17.5 Å². The average Bonchev–Trinajstić information content (AvgIpc) is 2.62. The van der Waals surface area contributed by atoms with Gasteiger partial charge in [-0.2, -0.15) is 4.99 Å². The lowest BCUT2D eigenvalue weighted by molar-refractivity contribution is -0.121. The van der Waals surface area contributed by atoms with Gasteiger partial charge in [-0.1, -0.05) is 35.0 Å². The molecule has 0 fully saturated rings. The summed E-state index contributed by atoms with van der Waals surface area (Å²) < 4.78 is 0. The van der Waals surface area contributed by atoms with Crippen molar-refractivity contribution in [3.8, 4) is 0 Å². The van der Waals surface area contributed by atoms with Crippen LogP contribution in [0.3, 0.4) is 0 Å².